The Kier molecular flexibility index (Phi) is 3.96. The maximum atomic E-state index is 12.1. The average Bonchev–Trinajstić information content (AvgIpc) is 2.75. The van der Waals surface area contributed by atoms with Crippen molar-refractivity contribution in [3.05, 3.63) is 46.3 Å². The molecule has 6 heteroatoms. The van der Waals surface area contributed by atoms with Crippen molar-refractivity contribution in [3.8, 4) is 10.4 Å². The topological polar surface area (TPSA) is 17.1 Å². The van der Waals surface area contributed by atoms with Crippen LogP contribution in [0, 0.1) is 0 Å². The van der Waals surface area contributed by atoms with Crippen molar-refractivity contribution in [1.82, 2.24) is 0 Å². The van der Waals surface area contributed by atoms with Gasteiger partial charge in [0.1, 0.15) is 0 Å². The molecular weight excluding hydrogens is 297 g/mol. The highest BCUT2D eigenvalue weighted by atomic mass is 35.5. The van der Waals surface area contributed by atoms with Crippen molar-refractivity contribution in [2.45, 2.75) is 12.6 Å². The number of benzene rings is 1. The number of carbonyl (C=O) groups is 1. The highest BCUT2D eigenvalue weighted by Gasteiger charge is 2.37. The van der Waals surface area contributed by atoms with Crippen LogP contribution in [-0.2, 0) is 11.2 Å². The lowest BCUT2D eigenvalue weighted by atomic mass is 10.1. The first-order valence-corrected chi connectivity index (χ1v) is 6.50. The third-order valence-electron chi connectivity index (χ3n) is 2.49. The summed E-state index contributed by atoms with van der Waals surface area (Å²) in [7, 11) is 0. The summed E-state index contributed by atoms with van der Waals surface area (Å²) >= 11 is 7.19. The minimum absolute atomic E-state index is 0.341. The van der Waals surface area contributed by atoms with Crippen LogP contribution in [0.4, 0.5) is 13.2 Å². The number of hydrogen-bond acceptors (Lipinski definition) is 2. The molecule has 2 aromatic rings. The maximum Gasteiger partial charge on any atom is 0.450 e. The van der Waals surface area contributed by atoms with Crippen molar-refractivity contribution >= 4 is 28.7 Å². The second kappa shape index (κ2) is 5.35. The number of ketones is 1. The highest BCUT2D eigenvalue weighted by Crippen LogP contribution is 2.31. The van der Waals surface area contributed by atoms with Gasteiger partial charge in [-0.05, 0) is 23.3 Å². The molecule has 100 valence electrons. The monoisotopic (exact) mass is 304 g/mol. The number of halogens is 4. The normalized spacial score (nSPS) is 11.6. The number of rotatable bonds is 3. The molecule has 1 nitrogen and oxygen atoms in total. The van der Waals surface area contributed by atoms with Crippen LogP contribution in [0.2, 0.25) is 4.34 Å². The lowest BCUT2D eigenvalue weighted by molar-refractivity contribution is -0.170. The molecule has 1 aromatic carbocycles. The van der Waals surface area contributed by atoms with E-state index in [0.717, 1.165) is 10.4 Å². The van der Waals surface area contributed by atoms with Gasteiger partial charge in [-0.1, -0.05) is 35.9 Å². The van der Waals surface area contributed by atoms with Crippen LogP contribution in [0.25, 0.3) is 10.4 Å². The van der Waals surface area contributed by atoms with Gasteiger partial charge in [-0.15, -0.1) is 11.3 Å². The first kappa shape index (κ1) is 14.1. The third kappa shape index (κ3) is 3.58. The highest BCUT2D eigenvalue weighted by molar-refractivity contribution is 7.19. The van der Waals surface area contributed by atoms with E-state index in [-0.39, 0.29) is 0 Å². The fraction of sp³-hybridized carbons (Fsp3) is 0.154. The van der Waals surface area contributed by atoms with E-state index in [4.69, 9.17) is 11.6 Å². The molecule has 0 bridgehead atoms. The number of thiophene rings is 1. The zero-order valence-corrected chi connectivity index (χ0v) is 11.1. The molecule has 0 amide bonds. The lowest BCUT2D eigenvalue weighted by Crippen LogP contribution is -2.24. The van der Waals surface area contributed by atoms with Crippen LogP contribution in [-0.4, -0.2) is 12.0 Å². The van der Waals surface area contributed by atoms with Gasteiger partial charge < -0.3 is 0 Å². The van der Waals surface area contributed by atoms with Crippen LogP contribution >= 0.6 is 22.9 Å². The fourth-order valence-electron chi connectivity index (χ4n) is 1.54. The smallest absolute Gasteiger partial charge is 0.289 e. The molecule has 0 atom stereocenters. The molecule has 1 heterocycles. The van der Waals surface area contributed by atoms with Crippen LogP contribution < -0.4 is 0 Å². The second-order valence-corrected chi connectivity index (χ2v) is 5.61. The Balaban J connectivity index is 2.13. The Hall–Kier alpha value is -1.33. The molecule has 0 saturated carbocycles. The van der Waals surface area contributed by atoms with Crippen molar-refractivity contribution < 1.29 is 18.0 Å². The molecule has 0 aliphatic rings. The summed E-state index contributed by atoms with van der Waals surface area (Å²) < 4.78 is 37.0. The molecular formula is C13H8ClF3OS. The summed E-state index contributed by atoms with van der Waals surface area (Å²) in [4.78, 5) is 11.8. The van der Waals surface area contributed by atoms with Gasteiger partial charge in [0, 0.05) is 11.3 Å². The maximum absolute atomic E-state index is 12.1. The van der Waals surface area contributed by atoms with E-state index in [1.807, 2.05) is 6.07 Å². The summed E-state index contributed by atoms with van der Waals surface area (Å²) in [6.45, 7) is 0. The Labute approximate surface area is 116 Å². The molecule has 0 spiro atoms. The molecule has 0 fully saturated rings. The fourth-order valence-corrected chi connectivity index (χ4v) is 2.59. The van der Waals surface area contributed by atoms with Crippen LogP contribution in [0.1, 0.15) is 5.56 Å². The van der Waals surface area contributed by atoms with E-state index in [1.54, 1.807) is 18.2 Å². The minimum atomic E-state index is -4.78. The van der Waals surface area contributed by atoms with E-state index in [0.29, 0.717) is 9.90 Å². The van der Waals surface area contributed by atoms with Crippen LogP contribution in [0.15, 0.2) is 36.4 Å². The summed E-state index contributed by atoms with van der Waals surface area (Å²) in [6, 6.07) is 9.99. The number of carbonyl (C=O) groups excluding carboxylic acids is 1. The lowest BCUT2D eigenvalue weighted by Gasteiger charge is -2.05. The standard InChI is InChI=1S/C13H8ClF3OS/c14-12-6-5-10(19-12)9-3-1-8(2-4-9)7-11(18)13(15,16)17/h1-6H,7H2. The molecule has 0 aliphatic heterocycles. The molecule has 0 N–H and O–H groups in total. The molecule has 0 unspecified atom stereocenters. The summed E-state index contributed by atoms with van der Waals surface area (Å²) in [6.07, 6.45) is -5.41. The summed E-state index contributed by atoms with van der Waals surface area (Å²) in [5, 5.41) is 0. The quantitative estimate of drug-likeness (QED) is 0.800. The van der Waals surface area contributed by atoms with Crippen molar-refractivity contribution in [3.63, 3.8) is 0 Å². The van der Waals surface area contributed by atoms with Gasteiger partial charge in [-0.3, -0.25) is 4.79 Å². The Morgan fingerprint density at radius 1 is 1.11 bits per heavy atom. The first-order chi connectivity index (χ1) is 8.86. The zero-order valence-electron chi connectivity index (χ0n) is 9.50. The summed E-state index contributed by atoms with van der Waals surface area (Å²) in [5.41, 5.74) is 1.20. The van der Waals surface area contributed by atoms with Crippen molar-refractivity contribution in [2.24, 2.45) is 0 Å². The van der Waals surface area contributed by atoms with E-state index >= 15 is 0 Å². The van der Waals surface area contributed by atoms with E-state index in [2.05, 4.69) is 0 Å². The largest absolute Gasteiger partial charge is 0.450 e. The van der Waals surface area contributed by atoms with Gasteiger partial charge in [0.25, 0.3) is 0 Å². The molecule has 1 aromatic heterocycles. The van der Waals surface area contributed by atoms with Gasteiger partial charge in [-0.2, -0.15) is 13.2 Å². The second-order valence-electron chi connectivity index (χ2n) is 3.90. The minimum Gasteiger partial charge on any atom is -0.289 e. The van der Waals surface area contributed by atoms with Gasteiger partial charge in [0.15, 0.2) is 0 Å². The first-order valence-electron chi connectivity index (χ1n) is 5.31. The SMILES string of the molecule is O=C(Cc1ccc(-c2ccc(Cl)s2)cc1)C(F)(F)F. The predicted molar refractivity (Wildman–Crippen MR) is 69.5 cm³/mol. The molecule has 19 heavy (non-hydrogen) atoms. The van der Waals surface area contributed by atoms with Gasteiger partial charge in [0.05, 0.1) is 4.34 Å². The number of hydrogen-bond donors (Lipinski definition) is 0. The summed E-state index contributed by atoms with van der Waals surface area (Å²) in [5.74, 6) is -1.74. The molecule has 0 radical (unpaired) electrons. The Bertz CT molecular complexity index is 587. The Morgan fingerprint density at radius 3 is 2.21 bits per heavy atom. The number of Topliss-reactive ketones (excluding diaryl/α,β-unsaturated/α-hetero) is 1. The van der Waals surface area contributed by atoms with Gasteiger partial charge in [0.2, 0.25) is 5.78 Å². The van der Waals surface area contributed by atoms with E-state index < -0.39 is 18.4 Å². The molecule has 0 saturated heterocycles. The average molecular weight is 305 g/mol. The van der Waals surface area contributed by atoms with E-state index in [9.17, 15) is 18.0 Å². The predicted octanol–water partition coefficient (Wildman–Crippen LogP) is 4.74. The number of alkyl halides is 3. The van der Waals surface area contributed by atoms with Crippen LogP contribution in [0.5, 0.6) is 0 Å². The van der Waals surface area contributed by atoms with Crippen LogP contribution in [0.3, 0.4) is 0 Å². The van der Waals surface area contributed by atoms with Crippen molar-refractivity contribution in [2.75, 3.05) is 0 Å². The van der Waals surface area contributed by atoms with E-state index in [1.165, 1.54) is 23.5 Å². The Morgan fingerprint density at radius 2 is 1.74 bits per heavy atom. The van der Waals surface area contributed by atoms with Gasteiger partial charge in [-0.25, -0.2) is 0 Å². The third-order valence-corrected chi connectivity index (χ3v) is 3.77. The molecule has 2 rings (SSSR count). The zero-order chi connectivity index (χ0) is 14.0. The molecule has 0 aliphatic carbocycles. The van der Waals surface area contributed by atoms with Crippen molar-refractivity contribution in [1.29, 1.82) is 0 Å². The van der Waals surface area contributed by atoms with Gasteiger partial charge >= 0.3 is 6.18 Å².